The van der Waals surface area contributed by atoms with Crippen molar-refractivity contribution in [3.63, 3.8) is 0 Å². The highest BCUT2D eigenvalue weighted by Crippen LogP contribution is 2.24. The normalized spacial score (nSPS) is 18.2. The summed E-state index contributed by atoms with van der Waals surface area (Å²) in [6, 6.07) is 22.4. The second-order valence-corrected chi connectivity index (χ2v) is 7.87. The summed E-state index contributed by atoms with van der Waals surface area (Å²) in [6.07, 6.45) is -1.15. The number of likely N-dealkylation sites (N-methyl/N-ethyl adjacent to an activating group) is 1. The first kappa shape index (κ1) is 20.9. The van der Waals surface area contributed by atoms with Crippen molar-refractivity contribution < 1.29 is 19.4 Å². The number of fused-ring (bicyclic) bond motifs is 1. The summed E-state index contributed by atoms with van der Waals surface area (Å²) in [5.74, 6) is -0.297. The minimum absolute atomic E-state index is 0.124. The molecule has 1 N–H and O–H groups in total. The average molecular weight is 418 g/mol. The Morgan fingerprint density at radius 3 is 2.55 bits per heavy atom. The van der Waals surface area contributed by atoms with Crippen molar-refractivity contribution in [1.82, 2.24) is 9.80 Å². The van der Waals surface area contributed by atoms with Gasteiger partial charge in [-0.15, -0.1) is 0 Å². The fraction of sp³-hybridized carbons (Fsp3) is 0.280. The van der Waals surface area contributed by atoms with Crippen LogP contribution in [0.15, 0.2) is 72.8 Å². The number of aliphatic hydroxyl groups is 1. The quantitative estimate of drug-likeness (QED) is 0.688. The van der Waals surface area contributed by atoms with Crippen molar-refractivity contribution in [3.8, 4) is 0 Å². The minimum atomic E-state index is -0.941. The minimum Gasteiger partial charge on any atom is -0.445 e. The van der Waals surface area contributed by atoms with Crippen molar-refractivity contribution in [3.05, 3.63) is 83.9 Å². The van der Waals surface area contributed by atoms with E-state index in [9.17, 15) is 14.7 Å². The molecule has 3 aromatic carbocycles. The molecule has 1 aliphatic heterocycles. The summed E-state index contributed by atoms with van der Waals surface area (Å²) in [7, 11) is 1.70. The number of hydrogen-bond acceptors (Lipinski definition) is 4. The maximum absolute atomic E-state index is 13.2. The Morgan fingerprint density at radius 2 is 1.74 bits per heavy atom. The third-order valence-electron chi connectivity index (χ3n) is 5.72. The molecule has 6 nitrogen and oxygen atoms in total. The Morgan fingerprint density at radius 1 is 1.03 bits per heavy atom. The number of nitrogens with zero attached hydrogens (tertiary/aromatic N) is 2. The maximum Gasteiger partial charge on any atom is 0.410 e. The molecule has 2 amide bonds. The van der Waals surface area contributed by atoms with E-state index in [1.165, 1.54) is 4.90 Å². The predicted molar refractivity (Wildman–Crippen MR) is 118 cm³/mol. The van der Waals surface area contributed by atoms with Crippen LogP contribution in [0.2, 0.25) is 0 Å². The summed E-state index contributed by atoms with van der Waals surface area (Å²) < 4.78 is 5.40. The van der Waals surface area contributed by atoms with Gasteiger partial charge < -0.3 is 14.7 Å². The van der Waals surface area contributed by atoms with E-state index in [1.807, 2.05) is 72.8 Å². The molecule has 0 spiro atoms. The van der Waals surface area contributed by atoms with E-state index >= 15 is 0 Å². The van der Waals surface area contributed by atoms with E-state index in [0.717, 1.165) is 21.9 Å². The summed E-state index contributed by atoms with van der Waals surface area (Å²) >= 11 is 0. The Hall–Kier alpha value is -3.38. The molecule has 6 heteroatoms. The first-order valence-corrected chi connectivity index (χ1v) is 10.4. The van der Waals surface area contributed by atoms with Crippen LogP contribution in [0.5, 0.6) is 0 Å². The molecule has 2 atom stereocenters. The lowest BCUT2D eigenvalue weighted by molar-refractivity contribution is -0.137. The lowest BCUT2D eigenvalue weighted by atomic mass is 10.0. The average Bonchev–Trinajstić information content (AvgIpc) is 3.19. The van der Waals surface area contributed by atoms with Gasteiger partial charge in [-0.1, -0.05) is 72.8 Å². The Bertz CT molecular complexity index is 1060. The number of amides is 2. The topological polar surface area (TPSA) is 70.1 Å². The second-order valence-electron chi connectivity index (χ2n) is 7.87. The van der Waals surface area contributed by atoms with Crippen molar-refractivity contribution >= 4 is 22.8 Å². The van der Waals surface area contributed by atoms with Crippen LogP contribution >= 0.6 is 0 Å². The largest absolute Gasteiger partial charge is 0.445 e. The molecule has 0 aromatic heterocycles. The van der Waals surface area contributed by atoms with Gasteiger partial charge in [0.25, 0.3) is 0 Å². The van der Waals surface area contributed by atoms with E-state index < -0.39 is 18.2 Å². The van der Waals surface area contributed by atoms with E-state index in [4.69, 9.17) is 4.74 Å². The molecule has 1 saturated heterocycles. The number of rotatable bonds is 5. The summed E-state index contributed by atoms with van der Waals surface area (Å²) in [4.78, 5) is 28.8. The van der Waals surface area contributed by atoms with Crippen LogP contribution in [0.25, 0.3) is 10.8 Å². The predicted octanol–water partition coefficient (Wildman–Crippen LogP) is 3.57. The molecule has 0 bridgehead atoms. The van der Waals surface area contributed by atoms with Gasteiger partial charge in [-0.3, -0.25) is 9.69 Å². The van der Waals surface area contributed by atoms with Crippen LogP contribution in [0.3, 0.4) is 0 Å². The van der Waals surface area contributed by atoms with Crippen LogP contribution in [0, 0.1) is 0 Å². The smallest absolute Gasteiger partial charge is 0.410 e. The van der Waals surface area contributed by atoms with Gasteiger partial charge in [0.1, 0.15) is 12.6 Å². The second kappa shape index (κ2) is 9.18. The third kappa shape index (κ3) is 4.54. The number of likely N-dealkylation sites (tertiary alicyclic amines) is 1. The zero-order chi connectivity index (χ0) is 21.8. The van der Waals surface area contributed by atoms with E-state index in [0.29, 0.717) is 13.0 Å². The van der Waals surface area contributed by atoms with Gasteiger partial charge in [-0.2, -0.15) is 0 Å². The van der Waals surface area contributed by atoms with Gasteiger partial charge in [-0.25, -0.2) is 4.79 Å². The highest BCUT2D eigenvalue weighted by molar-refractivity contribution is 5.88. The third-order valence-corrected chi connectivity index (χ3v) is 5.72. The number of carbonyl (C=O) groups is 2. The molecule has 3 aromatic rings. The molecule has 1 aliphatic rings. The number of aliphatic hydroxyl groups excluding tert-OH is 1. The molecular weight excluding hydrogens is 392 g/mol. The summed E-state index contributed by atoms with van der Waals surface area (Å²) in [6.45, 7) is 0.794. The molecule has 1 heterocycles. The van der Waals surface area contributed by atoms with Crippen LogP contribution in [0.4, 0.5) is 4.79 Å². The molecular formula is C25H26N2O4. The Kier molecular flexibility index (Phi) is 6.18. The first-order chi connectivity index (χ1) is 15.0. The molecule has 1 fully saturated rings. The van der Waals surface area contributed by atoms with Gasteiger partial charge in [0, 0.05) is 20.1 Å². The van der Waals surface area contributed by atoms with Crippen LogP contribution in [-0.4, -0.2) is 52.6 Å². The maximum atomic E-state index is 13.2. The zero-order valence-corrected chi connectivity index (χ0v) is 17.5. The molecule has 1 unspecified atom stereocenters. The highest BCUT2D eigenvalue weighted by Gasteiger charge is 2.43. The lowest BCUT2D eigenvalue weighted by Crippen LogP contribution is -2.50. The monoisotopic (exact) mass is 418 g/mol. The van der Waals surface area contributed by atoms with E-state index in [-0.39, 0.29) is 19.1 Å². The van der Waals surface area contributed by atoms with Crippen molar-refractivity contribution in [2.45, 2.75) is 31.7 Å². The Balaban J connectivity index is 1.45. The van der Waals surface area contributed by atoms with Gasteiger partial charge in [0.2, 0.25) is 5.91 Å². The summed E-state index contributed by atoms with van der Waals surface area (Å²) in [5, 5.41) is 12.6. The fourth-order valence-electron chi connectivity index (χ4n) is 4.07. The number of carbonyl (C=O) groups excluding carboxylic acids is 2. The van der Waals surface area contributed by atoms with Gasteiger partial charge in [-0.05, 0) is 28.3 Å². The van der Waals surface area contributed by atoms with Crippen LogP contribution in [0.1, 0.15) is 17.5 Å². The number of benzene rings is 3. The Labute approximate surface area is 181 Å². The number of hydrogen-bond donors (Lipinski definition) is 1. The van der Waals surface area contributed by atoms with E-state index in [2.05, 4.69) is 0 Å². The lowest BCUT2D eigenvalue weighted by Gasteiger charge is -2.29. The van der Waals surface area contributed by atoms with Crippen molar-refractivity contribution in [2.75, 3.05) is 13.6 Å². The molecule has 0 saturated carbocycles. The van der Waals surface area contributed by atoms with Gasteiger partial charge in [0.15, 0.2) is 0 Å². The molecule has 31 heavy (non-hydrogen) atoms. The van der Waals surface area contributed by atoms with Crippen molar-refractivity contribution in [1.29, 1.82) is 0 Å². The number of ether oxygens (including phenoxy) is 1. The molecule has 0 aliphatic carbocycles. The van der Waals surface area contributed by atoms with Gasteiger partial charge in [0.05, 0.1) is 6.10 Å². The SMILES string of the molecule is CN(Cc1cccc2ccccc12)C(=O)[C@@H]1C(O)CCN1C(=O)OCc1ccccc1. The standard InChI is InChI=1S/C25H26N2O4/c1-26(16-20-12-7-11-19-10-5-6-13-21(19)20)24(29)23-22(28)14-15-27(23)25(30)31-17-18-8-3-2-4-9-18/h2-13,22-23,28H,14-17H2,1H3/t22?,23-/m0/s1. The summed E-state index contributed by atoms with van der Waals surface area (Å²) in [5.41, 5.74) is 1.88. The molecule has 160 valence electrons. The van der Waals surface area contributed by atoms with Crippen LogP contribution < -0.4 is 0 Å². The molecule has 4 rings (SSSR count). The molecule has 0 radical (unpaired) electrons. The zero-order valence-electron chi connectivity index (χ0n) is 17.5. The fourth-order valence-corrected chi connectivity index (χ4v) is 4.07. The highest BCUT2D eigenvalue weighted by atomic mass is 16.6. The van der Waals surface area contributed by atoms with Gasteiger partial charge >= 0.3 is 6.09 Å². The van der Waals surface area contributed by atoms with Crippen LogP contribution in [-0.2, 0) is 22.7 Å². The van der Waals surface area contributed by atoms with Crippen molar-refractivity contribution in [2.24, 2.45) is 0 Å². The van der Waals surface area contributed by atoms with E-state index in [1.54, 1.807) is 11.9 Å². The first-order valence-electron chi connectivity index (χ1n) is 10.4.